The van der Waals surface area contributed by atoms with Gasteiger partial charge in [0.2, 0.25) is 11.8 Å². The van der Waals surface area contributed by atoms with Crippen LogP contribution in [-0.2, 0) is 16.8 Å². The molecule has 6 nitrogen and oxygen atoms in total. The van der Waals surface area contributed by atoms with E-state index in [4.69, 9.17) is 27.7 Å². The Hall–Kier alpha value is -1.63. The number of amides is 1. The lowest BCUT2D eigenvalue weighted by Gasteiger charge is -2.18. The van der Waals surface area contributed by atoms with Gasteiger partial charge >= 0.3 is 0 Å². The Morgan fingerprint density at radius 2 is 1.92 bits per heavy atom. The number of carbonyl (C=O) groups is 1. The quantitative estimate of drug-likeness (QED) is 0.810. The molecule has 2 aromatic rings. The molecular weight excluding hydrogens is 363 g/mol. The van der Waals surface area contributed by atoms with Crippen molar-refractivity contribution in [1.82, 2.24) is 15.0 Å². The zero-order chi connectivity index (χ0) is 18.6. The minimum Gasteiger partial charge on any atom is -0.338 e. The lowest BCUT2D eigenvalue weighted by Crippen LogP contribution is -2.33. The Morgan fingerprint density at radius 1 is 1.28 bits per heavy atom. The molecule has 1 amide bonds. The second kappa shape index (κ2) is 8.17. The van der Waals surface area contributed by atoms with Crippen molar-refractivity contribution in [2.24, 2.45) is 0 Å². The number of nitrogens with one attached hydrogen (secondary N) is 1. The Bertz CT molecular complexity index is 720. The highest BCUT2D eigenvalue weighted by Gasteiger charge is 2.22. The minimum atomic E-state index is -0.215. The fourth-order valence-electron chi connectivity index (χ4n) is 2.09. The highest BCUT2D eigenvalue weighted by molar-refractivity contribution is 6.39. The van der Waals surface area contributed by atoms with E-state index in [1.807, 2.05) is 32.6 Å². The number of carbonyl (C=O) groups excluding carboxylic acids is 1. The maximum atomic E-state index is 12.3. The van der Waals surface area contributed by atoms with Crippen molar-refractivity contribution in [3.8, 4) is 0 Å². The van der Waals surface area contributed by atoms with Crippen LogP contribution in [0.15, 0.2) is 22.7 Å². The van der Waals surface area contributed by atoms with Gasteiger partial charge in [0.15, 0.2) is 5.82 Å². The molecule has 0 spiro atoms. The van der Waals surface area contributed by atoms with E-state index in [9.17, 15) is 4.79 Å². The largest absolute Gasteiger partial charge is 0.338 e. The van der Waals surface area contributed by atoms with E-state index in [1.165, 1.54) is 0 Å². The second-order valence-electron chi connectivity index (χ2n) is 6.71. The van der Waals surface area contributed by atoms with Crippen LogP contribution in [-0.4, -0.2) is 34.0 Å². The molecule has 136 valence electrons. The fourth-order valence-corrected chi connectivity index (χ4v) is 2.59. The summed E-state index contributed by atoms with van der Waals surface area (Å²) in [6.07, 6.45) is 0. The molecule has 1 aromatic heterocycles. The maximum Gasteiger partial charge on any atom is 0.240 e. The van der Waals surface area contributed by atoms with E-state index >= 15 is 0 Å². The summed E-state index contributed by atoms with van der Waals surface area (Å²) in [5.41, 5.74) is 0.233. The third-order valence-electron chi connectivity index (χ3n) is 3.54. The summed E-state index contributed by atoms with van der Waals surface area (Å²) < 4.78 is 5.28. The lowest BCUT2D eigenvalue weighted by atomic mass is 9.96. The van der Waals surface area contributed by atoms with Gasteiger partial charge in [-0.05, 0) is 18.7 Å². The standard InChI is InChI=1S/C17H22Cl2N4O2/c1-5-23(10-14-21-16(22-25-14)17(2,3)4)9-13(24)20-15-11(18)7-6-8-12(15)19/h6-8H,5,9-10H2,1-4H3,(H,20,24). The normalized spacial score (nSPS) is 11.8. The number of nitrogens with zero attached hydrogens (tertiary/aromatic N) is 3. The van der Waals surface area contributed by atoms with Gasteiger partial charge in [0, 0.05) is 5.41 Å². The van der Waals surface area contributed by atoms with Crippen LogP contribution in [0, 0.1) is 0 Å². The first-order valence-electron chi connectivity index (χ1n) is 8.00. The molecular formula is C17H22Cl2N4O2. The van der Waals surface area contributed by atoms with Gasteiger partial charge in [0.1, 0.15) is 0 Å². The number of halogens is 2. The summed E-state index contributed by atoms with van der Waals surface area (Å²) in [5, 5.41) is 7.54. The van der Waals surface area contributed by atoms with Gasteiger partial charge in [-0.15, -0.1) is 0 Å². The summed E-state index contributed by atoms with van der Waals surface area (Å²) in [4.78, 5) is 18.6. The maximum absolute atomic E-state index is 12.3. The zero-order valence-electron chi connectivity index (χ0n) is 14.8. The van der Waals surface area contributed by atoms with Gasteiger partial charge in [-0.2, -0.15) is 4.98 Å². The first-order valence-corrected chi connectivity index (χ1v) is 8.75. The van der Waals surface area contributed by atoms with Crippen LogP contribution in [0.1, 0.15) is 39.4 Å². The molecule has 1 N–H and O–H groups in total. The van der Waals surface area contributed by atoms with E-state index in [2.05, 4.69) is 15.5 Å². The average molecular weight is 385 g/mol. The Morgan fingerprint density at radius 3 is 2.44 bits per heavy atom. The van der Waals surface area contributed by atoms with Gasteiger partial charge in [0.25, 0.3) is 0 Å². The van der Waals surface area contributed by atoms with E-state index in [1.54, 1.807) is 18.2 Å². The van der Waals surface area contributed by atoms with Crippen molar-refractivity contribution in [3.63, 3.8) is 0 Å². The zero-order valence-corrected chi connectivity index (χ0v) is 16.3. The molecule has 0 saturated carbocycles. The predicted octanol–water partition coefficient (Wildman–Crippen LogP) is 4.13. The monoisotopic (exact) mass is 384 g/mol. The van der Waals surface area contributed by atoms with Crippen molar-refractivity contribution < 1.29 is 9.32 Å². The number of anilines is 1. The van der Waals surface area contributed by atoms with Crippen molar-refractivity contribution in [1.29, 1.82) is 0 Å². The Balaban J connectivity index is 1.99. The summed E-state index contributed by atoms with van der Waals surface area (Å²) in [6.45, 7) is 9.20. The summed E-state index contributed by atoms with van der Waals surface area (Å²) in [7, 11) is 0. The van der Waals surface area contributed by atoms with E-state index in [0.29, 0.717) is 40.5 Å². The second-order valence-corrected chi connectivity index (χ2v) is 7.52. The number of benzene rings is 1. The molecule has 0 saturated heterocycles. The van der Waals surface area contributed by atoms with Gasteiger partial charge in [0.05, 0.1) is 28.8 Å². The molecule has 8 heteroatoms. The van der Waals surface area contributed by atoms with Gasteiger partial charge in [-0.3, -0.25) is 9.69 Å². The Kier molecular flexibility index (Phi) is 6.43. The van der Waals surface area contributed by atoms with Gasteiger partial charge in [-0.1, -0.05) is 62.1 Å². The van der Waals surface area contributed by atoms with Crippen LogP contribution in [0.2, 0.25) is 10.0 Å². The number of hydrogen-bond donors (Lipinski definition) is 1. The number of rotatable bonds is 6. The van der Waals surface area contributed by atoms with Crippen LogP contribution < -0.4 is 5.32 Å². The number of aromatic nitrogens is 2. The number of hydrogen-bond acceptors (Lipinski definition) is 5. The molecule has 0 aliphatic rings. The third-order valence-corrected chi connectivity index (χ3v) is 4.17. The van der Waals surface area contributed by atoms with Crippen molar-refractivity contribution >= 4 is 34.8 Å². The highest BCUT2D eigenvalue weighted by Crippen LogP contribution is 2.29. The first kappa shape index (κ1) is 19.7. The molecule has 1 heterocycles. The lowest BCUT2D eigenvalue weighted by molar-refractivity contribution is -0.117. The molecule has 0 radical (unpaired) electrons. The minimum absolute atomic E-state index is 0.158. The molecule has 25 heavy (non-hydrogen) atoms. The summed E-state index contributed by atoms with van der Waals surface area (Å²) in [6, 6.07) is 5.07. The third kappa shape index (κ3) is 5.42. The predicted molar refractivity (Wildman–Crippen MR) is 99.0 cm³/mol. The molecule has 0 aliphatic carbocycles. The van der Waals surface area contributed by atoms with Crippen LogP contribution in [0.4, 0.5) is 5.69 Å². The van der Waals surface area contributed by atoms with Crippen LogP contribution >= 0.6 is 23.2 Å². The average Bonchev–Trinajstić information content (AvgIpc) is 2.99. The van der Waals surface area contributed by atoms with E-state index < -0.39 is 0 Å². The van der Waals surface area contributed by atoms with Gasteiger partial charge in [-0.25, -0.2) is 0 Å². The Labute approximate surface area is 157 Å². The molecule has 0 bridgehead atoms. The van der Waals surface area contributed by atoms with E-state index in [-0.39, 0.29) is 17.9 Å². The molecule has 2 rings (SSSR count). The fraction of sp³-hybridized carbons (Fsp3) is 0.471. The van der Waals surface area contributed by atoms with Crippen molar-refractivity contribution in [2.45, 2.75) is 39.7 Å². The highest BCUT2D eigenvalue weighted by atomic mass is 35.5. The van der Waals surface area contributed by atoms with Crippen LogP contribution in [0.25, 0.3) is 0 Å². The molecule has 0 atom stereocenters. The van der Waals surface area contributed by atoms with Crippen molar-refractivity contribution in [3.05, 3.63) is 40.0 Å². The molecule has 1 aromatic carbocycles. The van der Waals surface area contributed by atoms with E-state index in [0.717, 1.165) is 0 Å². The topological polar surface area (TPSA) is 71.3 Å². The first-order chi connectivity index (χ1) is 11.7. The summed E-state index contributed by atoms with van der Waals surface area (Å²) in [5.74, 6) is 0.911. The van der Waals surface area contributed by atoms with Crippen LogP contribution in [0.5, 0.6) is 0 Å². The molecule has 0 aliphatic heterocycles. The molecule has 0 unspecified atom stereocenters. The molecule has 0 fully saturated rings. The number of para-hydroxylation sites is 1. The smallest absolute Gasteiger partial charge is 0.240 e. The summed E-state index contributed by atoms with van der Waals surface area (Å²) >= 11 is 12.1. The number of likely N-dealkylation sites (N-methyl/N-ethyl adjacent to an activating group) is 1. The van der Waals surface area contributed by atoms with Gasteiger partial charge < -0.3 is 9.84 Å². The SMILES string of the molecule is CCN(CC(=O)Nc1c(Cl)cccc1Cl)Cc1nc(C(C)(C)C)no1. The van der Waals surface area contributed by atoms with Crippen LogP contribution in [0.3, 0.4) is 0 Å². The van der Waals surface area contributed by atoms with Crippen molar-refractivity contribution in [2.75, 3.05) is 18.4 Å².